The van der Waals surface area contributed by atoms with Gasteiger partial charge in [-0.1, -0.05) is 30.3 Å². The molecule has 2 aromatic carbocycles. The molecule has 24 heavy (non-hydrogen) atoms. The third-order valence-corrected chi connectivity index (χ3v) is 4.31. The fraction of sp³-hybridized carbons (Fsp3) is 0.350. The summed E-state index contributed by atoms with van der Waals surface area (Å²) in [6.07, 6.45) is 2.77. The van der Waals surface area contributed by atoms with Gasteiger partial charge >= 0.3 is 0 Å². The van der Waals surface area contributed by atoms with Gasteiger partial charge in [0.2, 0.25) is 5.91 Å². The van der Waals surface area contributed by atoms with Crippen molar-refractivity contribution in [2.75, 3.05) is 11.9 Å². The van der Waals surface area contributed by atoms with Crippen molar-refractivity contribution in [3.63, 3.8) is 0 Å². The van der Waals surface area contributed by atoms with Crippen molar-refractivity contribution in [1.82, 2.24) is 5.32 Å². The molecule has 126 valence electrons. The molecule has 0 spiro atoms. The van der Waals surface area contributed by atoms with Gasteiger partial charge in [0.05, 0.1) is 0 Å². The monoisotopic (exact) mass is 324 g/mol. The molecule has 0 radical (unpaired) electrons. The standard InChI is InChI=1S/C20H24N2O2/c1-15-12-18(24-14-16-6-3-2-4-7-16)9-10-19(15)22-20(23)13-17-8-5-11-21-17/h2-4,6-7,9-10,12,17,21H,5,8,11,13-14H2,1H3,(H,22,23). The maximum atomic E-state index is 12.1. The summed E-state index contributed by atoms with van der Waals surface area (Å²) in [5, 5.41) is 6.35. The summed E-state index contributed by atoms with van der Waals surface area (Å²) in [6, 6.07) is 16.2. The number of hydrogen-bond donors (Lipinski definition) is 2. The first-order valence-corrected chi connectivity index (χ1v) is 8.51. The van der Waals surface area contributed by atoms with Crippen LogP contribution in [0.5, 0.6) is 5.75 Å². The minimum Gasteiger partial charge on any atom is -0.489 e. The van der Waals surface area contributed by atoms with Crippen LogP contribution in [-0.2, 0) is 11.4 Å². The molecule has 2 N–H and O–H groups in total. The second-order valence-corrected chi connectivity index (χ2v) is 6.30. The fourth-order valence-corrected chi connectivity index (χ4v) is 2.96. The number of anilines is 1. The van der Waals surface area contributed by atoms with Crippen LogP contribution in [0.3, 0.4) is 0 Å². The summed E-state index contributed by atoms with van der Waals surface area (Å²) in [6.45, 7) is 3.54. The Morgan fingerprint density at radius 2 is 2.08 bits per heavy atom. The highest BCUT2D eigenvalue weighted by Gasteiger charge is 2.18. The summed E-state index contributed by atoms with van der Waals surface area (Å²) in [7, 11) is 0. The number of benzene rings is 2. The molecule has 1 aliphatic heterocycles. The predicted molar refractivity (Wildman–Crippen MR) is 96.2 cm³/mol. The molecular formula is C20H24N2O2. The summed E-state index contributed by atoms with van der Waals surface area (Å²) in [4.78, 5) is 12.1. The maximum absolute atomic E-state index is 12.1. The van der Waals surface area contributed by atoms with Crippen molar-refractivity contribution < 1.29 is 9.53 Å². The Kier molecular flexibility index (Phi) is 5.49. The predicted octanol–water partition coefficient (Wildman–Crippen LogP) is 3.65. The van der Waals surface area contributed by atoms with Gasteiger partial charge in [-0.25, -0.2) is 0 Å². The number of aryl methyl sites for hydroxylation is 1. The third-order valence-electron chi connectivity index (χ3n) is 4.31. The average Bonchev–Trinajstić information content (AvgIpc) is 3.09. The second kappa shape index (κ2) is 7.97. The lowest BCUT2D eigenvalue weighted by Gasteiger charge is -2.13. The Balaban J connectivity index is 1.54. The van der Waals surface area contributed by atoms with E-state index >= 15 is 0 Å². The van der Waals surface area contributed by atoms with E-state index in [2.05, 4.69) is 10.6 Å². The average molecular weight is 324 g/mol. The largest absolute Gasteiger partial charge is 0.489 e. The lowest BCUT2D eigenvalue weighted by Crippen LogP contribution is -2.27. The molecule has 0 saturated carbocycles. The van der Waals surface area contributed by atoms with Gasteiger partial charge in [0.15, 0.2) is 0 Å². The van der Waals surface area contributed by atoms with Crippen LogP contribution < -0.4 is 15.4 Å². The first-order valence-electron chi connectivity index (χ1n) is 8.51. The molecule has 1 aliphatic rings. The normalized spacial score (nSPS) is 16.8. The molecule has 1 fully saturated rings. The molecular weight excluding hydrogens is 300 g/mol. The Morgan fingerprint density at radius 1 is 1.25 bits per heavy atom. The maximum Gasteiger partial charge on any atom is 0.225 e. The molecule has 1 atom stereocenters. The van der Waals surface area contributed by atoms with Gasteiger partial charge < -0.3 is 15.4 Å². The van der Waals surface area contributed by atoms with E-state index in [0.29, 0.717) is 19.1 Å². The quantitative estimate of drug-likeness (QED) is 0.853. The van der Waals surface area contributed by atoms with Crippen LogP contribution in [0, 0.1) is 6.92 Å². The van der Waals surface area contributed by atoms with Crippen molar-refractivity contribution in [2.24, 2.45) is 0 Å². The van der Waals surface area contributed by atoms with E-state index in [1.807, 2.05) is 55.5 Å². The third kappa shape index (κ3) is 4.59. The molecule has 1 unspecified atom stereocenters. The van der Waals surface area contributed by atoms with Crippen LogP contribution in [0.4, 0.5) is 5.69 Å². The topological polar surface area (TPSA) is 50.4 Å². The smallest absolute Gasteiger partial charge is 0.225 e. The molecule has 4 nitrogen and oxygen atoms in total. The van der Waals surface area contributed by atoms with Crippen LogP contribution in [0.2, 0.25) is 0 Å². The van der Waals surface area contributed by atoms with Gasteiger partial charge in [-0.15, -0.1) is 0 Å². The number of hydrogen-bond acceptors (Lipinski definition) is 3. The highest BCUT2D eigenvalue weighted by Crippen LogP contribution is 2.23. The van der Waals surface area contributed by atoms with Gasteiger partial charge in [0, 0.05) is 18.2 Å². The van der Waals surface area contributed by atoms with Crippen LogP contribution in [0.15, 0.2) is 48.5 Å². The minimum absolute atomic E-state index is 0.0652. The zero-order chi connectivity index (χ0) is 16.8. The van der Waals surface area contributed by atoms with E-state index in [4.69, 9.17) is 4.74 Å². The fourth-order valence-electron chi connectivity index (χ4n) is 2.96. The van der Waals surface area contributed by atoms with Crippen molar-refractivity contribution in [3.8, 4) is 5.75 Å². The number of carbonyl (C=O) groups excluding carboxylic acids is 1. The van der Waals surface area contributed by atoms with E-state index in [1.165, 1.54) is 0 Å². The minimum atomic E-state index is 0.0652. The van der Waals surface area contributed by atoms with E-state index in [1.54, 1.807) is 0 Å². The van der Waals surface area contributed by atoms with Crippen LogP contribution in [0.25, 0.3) is 0 Å². The van der Waals surface area contributed by atoms with E-state index < -0.39 is 0 Å². The van der Waals surface area contributed by atoms with Gasteiger partial charge in [0.1, 0.15) is 12.4 Å². The SMILES string of the molecule is Cc1cc(OCc2ccccc2)ccc1NC(=O)CC1CCCN1. The van der Waals surface area contributed by atoms with E-state index in [9.17, 15) is 4.79 Å². The molecule has 2 aromatic rings. The highest BCUT2D eigenvalue weighted by atomic mass is 16.5. The molecule has 4 heteroatoms. The molecule has 3 rings (SSSR count). The highest BCUT2D eigenvalue weighted by molar-refractivity contribution is 5.92. The molecule has 0 bridgehead atoms. The first kappa shape index (κ1) is 16.5. The summed E-state index contributed by atoms with van der Waals surface area (Å²) < 4.78 is 5.82. The molecule has 0 aliphatic carbocycles. The van der Waals surface area contributed by atoms with Crippen LogP contribution in [0.1, 0.15) is 30.4 Å². The van der Waals surface area contributed by atoms with Crippen molar-refractivity contribution in [2.45, 2.75) is 38.8 Å². The summed E-state index contributed by atoms with van der Waals surface area (Å²) in [5.41, 5.74) is 3.00. The molecule has 0 aromatic heterocycles. The van der Waals surface area contributed by atoms with Crippen molar-refractivity contribution >= 4 is 11.6 Å². The first-order chi connectivity index (χ1) is 11.7. The summed E-state index contributed by atoms with van der Waals surface area (Å²) in [5.74, 6) is 0.877. The Hall–Kier alpha value is -2.33. The Morgan fingerprint density at radius 3 is 2.79 bits per heavy atom. The van der Waals surface area contributed by atoms with Crippen LogP contribution in [-0.4, -0.2) is 18.5 Å². The lowest BCUT2D eigenvalue weighted by molar-refractivity contribution is -0.116. The molecule has 1 heterocycles. The lowest BCUT2D eigenvalue weighted by atomic mass is 10.1. The zero-order valence-electron chi connectivity index (χ0n) is 14.0. The van der Waals surface area contributed by atoms with Gasteiger partial charge in [-0.2, -0.15) is 0 Å². The van der Waals surface area contributed by atoms with E-state index in [-0.39, 0.29) is 5.91 Å². The Bertz CT molecular complexity index is 679. The summed E-state index contributed by atoms with van der Waals surface area (Å²) >= 11 is 0. The zero-order valence-corrected chi connectivity index (χ0v) is 14.0. The van der Waals surface area contributed by atoms with Gasteiger partial charge in [-0.05, 0) is 55.6 Å². The van der Waals surface area contributed by atoms with Crippen molar-refractivity contribution in [3.05, 3.63) is 59.7 Å². The molecule has 1 saturated heterocycles. The number of nitrogens with one attached hydrogen (secondary N) is 2. The number of rotatable bonds is 6. The van der Waals surface area contributed by atoms with Gasteiger partial charge in [0.25, 0.3) is 0 Å². The van der Waals surface area contributed by atoms with Gasteiger partial charge in [-0.3, -0.25) is 4.79 Å². The van der Waals surface area contributed by atoms with Crippen LogP contribution >= 0.6 is 0 Å². The van der Waals surface area contributed by atoms with E-state index in [0.717, 1.165) is 42.0 Å². The Labute approximate surface area is 143 Å². The second-order valence-electron chi connectivity index (χ2n) is 6.30. The number of amides is 1. The number of ether oxygens (including phenoxy) is 1. The molecule has 1 amide bonds. The van der Waals surface area contributed by atoms with Crippen molar-refractivity contribution in [1.29, 1.82) is 0 Å². The number of carbonyl (C=O) groups is 1.